The molecule has 3 N–H and O–H groups in total. The van der Waals surface area contributed by atoms with E-state index in [0.717, 1.165) is 0 Å². The number of aliphatic hydroxyl groups is 2. The summed E-state index contributed by atoms with van der Waals surface area (Å²) >= 11 is 11.7. The fourth-order valence-corrected chi connectivity index (χ4v) is 1.99. The van der Waals surface area contributed by atoms with Gasteiger partial charge in [0.25, 0.3) is 0 Å². The van der Waals surface area contributed by atoms with Gasteiger partial charge in [-0.05, 0) is 18.2 Å². The first-order chi connectivity index (χ1) is 9.06. The highest BCUT2D eigenvalue weighted by atomic mass is 35.5. The molecule has 1 amide bonds. The van der Waals surface area contributed by atoms with Crippen LogP contribution in [0.1, 0.15) is 0 Å². The average molecular weight is 307 g/mol. The summed E-state index contributed by atoms with van der Waals surface area (Å²) in [5, 5.41) is 21.2. The van der Waals surface area contributed by atoms with Gasteiger partial charge in [-0.15, -0.1) is 0 Å². The Hall–Kier alpha value is -0.850. The molecule has 0 aliphatic rings. The Morgan fingerprint density at radius 3 is 2.37 bits per heavy atom. The fraction of sp³-hybridized carbons (Fsp3) is 0.417. The molecular formula is C12H16Cl2N2O3. The molecule has 0 radical (unpaired) electrons. The van der Waals surface area contributed by atoms with E-state index in [9.17, 15) is 4.79 Å². The van der Waals surface area contributed by atoms with E-state index in [4.69, 9.17) is 33.4 Å². The van der Waals surface area contributed by atoms with E-state index in [-0.39, 0.29) is 25.7 Å². The number of hydrogen-bond donors (Lipinski definition) is 3. The minimum absolute atomic E-state index is 0.0695. The van der Waals surface area contributed by atoms with E-state index in [0.29, 0.717) is 28.8 Å². The van der Waals surface area contributed by atoms with Crippen molar-refractivity contribution in [2.24, 2.45) is 0 Å². The number of benzene rings is 1. The SMILES string of the molecule is O=C(CN(CCO)CCO)Nc1ccc(Cl)cc1Cl. The molecule has 0 heterocycles. The zero-order valence-electron chi connectivity index (χ0n) is 10.3. The second-order valence-corrected chi connectivity index (χ2v) is 4.74. The molecular weight excluding hydrogens is 291 g/mol. The molecule has 7 heteroatoms. The topological polar surface area (TPSA) is 72.8 Å². The lowest BCUT2D eigenvalue weighted by molar-refractivity contribution is -0.117. The van der Waals surface area contributed by atoms with Crippen LogP contribution in [0.15, 0.2) is 18.2 Å². The Balaban J connectivity index is 2.58. The first kappa shape index (κ1) is 16.2. The third-order valence-corrected chi connectivity index (χ3v) is 2.95. The normalized spacial score (nSPS) is 10.8. The van der Waals surface area contributed by atoms with Crippen LogP contribution in [0, 0.1) is 0 Å². The molecule has 0 aliphatic heterocycles. The van der Waals surface area contributed by atoms with Gasteiger partial charge in [0.05, 0.1) is 30.5 Å². The summed E-state index contributed by atoms with van der Waals surface area (Å²) in [6.45, 7) is 0.564. The summed E-state index contributed by atoms with van der Waals surface area (Å²) in [6.07, 6.45) is 0. The van der Waals surface area contributed by atoms with Crippen LogP contribution in [0.5, 0.6) is 0 Å². The fourth-order valence-electron chi connectivity index (χ4n) is 1.54. The highest BCUT2D eigenvalue weighted by molar-refractivity contribution is 6.36. The molecule has 0 spiro atoms. The van der Waals surface area contributed by atoms with E-state index in [1.165, 1.54) is 6.07 Å². The van der Waals surface area contributed by atoms with Gasteiger partial charge < -0.3 is 15.5 Å². The molecule has 0 saturated heterocycles. The number of halogens is 2. The minimum atomic E-state index is -0.272. The zero-order valence-corrected chi connectivity index (χ0v) is 11.8. The highest BCUT2D eigenvalue weighted by Crippen LogP contribution is 2.25. The third kappa shape index (κ3) is 5.76. The van der Waals surface area contributed by atoms with Gasteiger partial charge in [-0.2, -0.15) is 0 Å². The van der Waals surface area contributed by atoms with Gasteiger partial charge in [0.1, 0.15) is 0 Å². The molecule has 1 aromatic rings. The van der Waals surface area contributed by atoms with Crippen molar-refractivity contribution < 1.29 is 15.0 Å². The van der Waals surface area contributed by atoms with Gasteiger partial charge in [-0.25, -0.2) is 0 Å². The molecule has 106 valence electrons. The quantitative estimate of drug-likeness (QED) is 0.708. The van der Waals surface area contributed by atoms with Crippen LogP contribution >= 0.6 is 23.2 Å². The lowest BCUT2D eigenvalue weighted by Gasteiger charge is -2.19. The summed E-state index contributed by atoms with van der Waals surface area (Å²) in [7, 11) is 0. The molecule has 0 saturated carbocycles. The van der Waals surface area contributed by atoms with E-state index < -0.39 is 0 Å². The standard InChI is InChI=1S/C12H16Cl2N2O3/c13-9-1-2-11(10(14)7-9)15-12(19)8-16(3-5-17)4-6-18/h1-2,7,17-18H,3-6,8H2,(H,15,19). The molecule has 19 heavy (non-hydrogen) atoms. The number of nitrogens with one attached hydrogen (secondary N) is 1. The third-order valence-electron chi connectivity index (χ3n) is 2.40. The van der Waals surface area contributed by atoms with E-state index in [1.54, 1.807) is 17.0 Å². The summed E-state index contributed by atoms with van der Waals surface area (Å²) in [6, 6.07) is 4.78. The van der Waals surface area contributed by atoms with Crippen molar-refractivity contribution in [3.05, 3.63) is 28.2 Å². The Morgan fingerprint density at radius 2 is 1.84 bits per heavy atom. The number of aliphatic hydroxyl groups excluding tert-OH is 2. The lowest BCUT2D eigenvalue weighted by Crippen LogP contribution is -2.37. The Morgan fingerprint density at radius 1 is 1.21 bits per heavy atom. The average Bonchev–Trinajstić information content (AvgIpc) is 2.33. The molecule has 0 unspecified atom stereocenters. The van der Waals surface area contributed by atoms with Crippen molar-refractivity contribution in [3.8, 4) is 0 Å². The number of hydrogen-bond acceptors (Lipinski definition) is 4. The van der Waals surface area contributed by atoms with Crippen LogP contribution < -0.4 is 5.32 Å². The van der Waals surface area contributed by atoms with Crippen molar-refractivity contribution >= 4 is 34.8 Å². The van der Waals surface area contributed by atoms with E-state index in [1.807, 2.05) is 0 Å². The molecule has 0 aromatic heterocycles. The number of carbonyl (C=O) groups excluding carboxylic acids is 1. The molecule has 1 aromatic carbocycles. The summed E-state index contributed by atoms with van der Waals surface area (Å²) in [5.74, 6) is -0.272. The molecule has 0 aliphatic carbocycles. The predicted octanol–water partition coefficient (Wildman–Crippen LogP) is 1.22. The summed E-state index contributed by atoms with van der Waals surface area (Å²) in [5.41, 5.74) is 0.476. The number of carbonyl (C=O) groups is 1. The van der Waals surface area contributed by atoms with Gasteiger partial charge in [0.2, 0.25) is 5.91 Å². The van der Waals surface area contributed by atoms with Gasteiger partial charge >= 0.3 is 0 Å². The maximum absolute atomic E-state index is 11.8. The van der Waals surface area contributed by atoms with Crippen LogP contribution in [0.25, 0.3) is 0 Å². The number of nitrogens with zero attached hydrogens (tertiary/aromatic N) is 1. The first-order valence-electron chi connectivity index (χ1n) is 5.75. The molecule has 0 fully saturated rings. The van der Waals surface area contributed by atoms with Crippen LogP contribution in [-0.4, -0.2) is 53.9 Å². The van der Waals surface area contributed by atoms with Gasteiger partial charge in [-0.3, -0.25) is 9.69 Å². The smallest absolute Gasteiger partial charge is 0.238 e. The van der Waals surface area contributed by atoms with Crippen molar-refractivity contribution in [2.45, 2.75) is 0 Å². The Bertz CT molecular complexity index is 423. The second-order valence-electron chi connectivity index (χ2n) is 3.90. The van der Waals surface area contributed by atoms with E-state index >= 15 is 0 Å². The van der Waals surface area contributed by atoms with Crippen LogP contribution in [0.4, 0.5) is 5.69 Å². The van der Waals surface area contributed by atoms with Crippen LogP contribution in [-0.2, 0) is 4.79 Å². The van der Waals surface area contributed by atoms with Crippen molar-refractivity contribution in [1.82, 2.24) is 4.90 Å². The Labute approximate surface area is 121 Å². The predicted molar refractivity (Wildman–Crippen MR) is 75.7 cm³/mol. The molecule has 0 bridgehead atoms. The molecule has 1 rings (SSSR count). The zero-order chi connectivity index (χ0) is 14.3. The van der Waals surface area contributed by atoms with Crippen molar-refractivity contribution in [3.63, 3.8) is 0 Å². The van der Waals surface area contributed by atoms with Gasteiger partial charge in [-0.1, -0.05) is 23.2 Å². The van der Waals surface area contributed by atoms with Crippen LogP contribution in [0.2, 0.25) is 10.0 Å². The summed E-state index contributed by atoms with van der Waals surface area (Å²) < 4.78 is 0. The van der Waals surface area contributed by atoms with Gasteiger partial charge in [0.15, 0.2) is 0 Å². The maximum atomic E-state index is 11.8. The number of rotatable bonds is 7. The van der Waals surface area contributed by atoms with Crippen LogP contribution in [0.3, 0.4) is 0 Å². The highest BCUT2D eigenvalue weighted by Gasteiger charge is 2.11. The second kappa shape index (κ2) is 8.35. The van der Waals surface area contributed by atoms with Crippen molar-refractivity contribution in [2.75, 3.05) is 38.2 Å². The molecule has 0 atom stereocenters. The number of amides is 1. The molecule has 5 nitrogen and oxygen atoms in total. The van der Waals surface area contributed by atoms with Crippen molar-refractivity contribution in [1.29, 1.82) is 0 Å². The monoisotopic (exact) mass is 306 g/mol. The minimum Gasteiger partial charge on any atom is -0.395 e. The summed E-state index contributed by atoms with van der Waals surface area (Å²) in [4.78, 5) is 13.4. The van der Waals surface area contributed by atoms with Gasteiger partial charge in [0, 0.05) is 18.1 Å². The Kier molecular flexibility index (Phi) is 7.12. The van der Waals surface area contributed by atoms with E-state index in [2.05, 4.69) is 5.32 Å². The first-order valence-corrected chi connectivity index (χ1v) is 6.51. The lowest BCUT2D eigenvalue weighted by atomic mass is 10.3. The largest absolute Gasteiger partial charge is 0.395 e. The maximum Gasteiger partial charge on any atom is 0.238 e. The number of anilines is 1.